The summed E-state index contributed by atoms with van der Waals surface area (Å²) in [5.41, 5.74) is 0.780. The lowest BCUT2D eigenvalue weighted by Gasteiger charge is -2.06. The summed E-state index contributed by atoms with van der Waals surface area (Å²) >= 11 is 1.35. The Hall–Kier alpha value is -1.89. The summed E-state index contributed by atoms with van der Waals surface area (Å²) < 4.78 is 19.6. The summed E-state index contributed by atoms with van der Waals surface area (Å²) in [6.07, 6.45) is 0.683. The molecule has 1 saturated heterocycles. The van der Waals surface area contributed by atoms with Crippen LogP contribution in [-0.2, 0) is 16.6 Å². The first-order valence-corrected chi connectivity index (χ1v) is 7.02. The first kappa shape index (κ1) is 13.1. The Morgan fingerprint density at radius 3 is 2.75 bits per heavy atom. The molecule has 20 heavy (non-hydrogen) atoms. The molecular formula is C13H12FN3O2S. The molecule has 0 amide bonds. The van der Waals surface area contributed by atoms with Crippen LogP contribution < -0.4 is 0 Å². The van der Waals surface area contributed by atoms with Crippen molar-refractivity contribution in [2.75, 3.05) is 6.61 Å². The number of halogens is 1. The van der Waals surface area contributed by atoms with E-state index in [4.69, 9.17) is 4.74 Å². The zero-order valence-electron chi connectivity index (χ0n) is 10.7. The second-order valence-electron chi connectivity index (χ2n) is 4.43. The van der Waals surface area contributed by atoms with Crippen LogP contribution in [-0.4, -0.2) is 32.6 Å². The van der Waals surface area contributed by atoms with Gasteiger partial charge in [0.2, 0.25) is 0 Å². The molecule has 104 valence electrons. The number of nitrogens with zero attached hydrogens (tertiary/aromatic N) is 3. The van der Waals surface area contributed by atoms with E-state index in [1.54, 1.807) is 16.7 Å². The molecule has 0 radical (unpaired) electrons. The van der Waals surface area contributed by atoms with Crippen LogP contribution in [0.2, 0.25) is 0 Å². The molecule has 3 rings (SSSR count). The highest BCUT2D eigenvalue weighted by Crippen LogP contribution is 2.30. The fourth-order valence-electron chi connectivity index (χ4n) is 1.98. The quantitative estimate of drug-likeness (QED) is 0.810. The van der Waals surface area contributed by atoms with Gasteiger partial charge in [0, 0.05) is 19.0 Å². The minimum absolute atomic E-state index is 0.207. The smallest absolute Gasteiger partial charge is 0.319 e. The van der Waals surface area contributed by atoms with Gasteiger partial charge in [0.25, 0.3) is 0 Å². The zero-order chi connectivity index (χ0) is 14.1. The van der Waals surface area contributed by atoms with E-state index in [1.807, 2.05) is 7.05 Å². The third-order valence-corrected chi connectivity index (χ3v) is 4.35. The van der Waals surface area contributed by atoms with Gasteiger partial charge >= 0.3 is 5.97 Å². The molecule has 0 saturated carbocycles. The topological polar surface area (TPSA) is 57.0 Å². The number of cyclic esters (lactones) is 1. The van der Waals surface area contributed by atoms with Crippen molar-refractivity contribution in [1.29, 1.82) is 0 Å². The fourth-order valence-corrected chi connectivity index (χ4v) is 2.94. The molecule has 1 atom stereocenters. The second-order valence-corrected chi connectivity index (χ2v) is 5.60. The average molecular weight is 293 g/mol. The number of benzene rings is 1. The monoisotopic (exact) mass is 293 g/mol. The summed E-state index contributed by atoms with van der Waals surface area (Å²) in [5.74, 6) is 0.138. The number of thioether (sulfide) groups is 1. The van der Waals surface area contributed by atoms with Crippen molar-refractivity contribution in [2.24, 2.45) is 7.05 Å². The predicted octanol–water partition coefficient (Wildman–Crippen LogP) is 2.03. The minimum atomic E-state index is -0.292. The first-order valence-electron chi connectivity index (χ1n) is 6.14. The average Bonchev–Trinajstić information content (AvgIpc) is 3.00. The van der Waals surface area contributed by atoms with Gasteiger partial charge in [-0.3, -0.25) is 4.79 Å². The summed E-state index contributed by atoms with van der Waals surface area (Å²) in [4.78, 5) is 11.5. The van der Waals surface area contributed by atoms with Crippen LogP contribution in [0.5, 0.6) is 0 Å². The molecule has 0 spiro atoms. The molecule has 5 nitrogen and oxygen atoms in total. The van der Waals surface area contributed by atoms with E-state index in [2.05, 4.69) is 10.2 Å². The number of aromatic nitrogens is 3. The Morgan fingerprint density at radius 2 is 2.10 bits per heavy atom. The third kappa shape index (κ3) is 2.40. The summed E-state index contributed by atoms with van der Waals surface area (Å²) in [5, 5.41) is 8.61. The van der Waals surface area contributed by atoms with Gasteiger partial charge in [0.1, 0.15) is 11.1 Å². The van der Waals surface area contributed by atoms with Gasteiger partial charge in [-0.25, -0.2) is 4.39 Å². The molecule has 1 aromatic carbocycles. The van der Waals surface area contributed by atoms with Crippen molar-refractivity contribution in [1.82, 2.24) is 14.8 Å². The predicted molar refractivity (Wildman–Crippen MR) is 71.6 cm³/mol. The van der Waals surface area contributed by atoms with E-state index in [1.165, 1.54) is 23.9 Å². The van der Waals surface area contributed by atoms with Gasteiger partial charge in [-0.05, 0) is 24.3 Å². The molecule has 1 aliphatic heterocycles. The highest BCUT2D eigenvalue weighted by Gasteiger charge is 2.29. The molecule has 0 bridgehead atoms. The van der Waals surface area contributed by atoms with Crippen LogP contribution >= 0.6 is 11.8 Å². The zero-order valence-corrected chi connectivity index (χ0v) is 11.6. The highest BCUT2D eigenvalue weighted by atomic mass is 32.2. The second kappa shape index (κ2) is 5.24. The first-order chi connectivity index (χ1) is 9.65. The number of rotatable bonds is 3. The molecule has 7 heteroatoms. The van der Waals surface area contributed by atoms with Crippen LogP contribution in [0.15, 0.2) is 29.4 Å². The van der Waals surface area contributed by atoms with E-state index < -0.39 is 0 Å². The van der Waals surface area contributed by atoms with Gasteiger partial charge in [0.15, 0.2) is 11.0 Å². The number of carbonyl (C=O) groups excluding carboxylic acids is 1. The van der Waals surface area contributed by atoms with Crippen LogP contribution in [0.4, 0.5) is 4.39 Å². The summed E-state index contributed by atoms with van der Waals surface area (Å²) in [6.45, 7) is 0.458. The van der Waals surface area contributed by atoms with Crippen molar-refractivity contribution < 1.29 is 13.9 Å². The number of esters is 1. The van der Waals surface area contributed by atoms with E-state index >= 15 is 0 Å². The van der Waals surface area contributed by atoms with Gasteiger partial charge in [-0.2, -0.15) is 0 Å². The van der Waals surface area contributed by atoms with Gasteiger partial charge in [-0.1, -0.05) is 11.8 Å². The fraction of sp³-hybridized carbons (Fsp3) is 0.308. The lowest BCUT2D eigenvalue weighted by atomic mass is 10.2. The largest absolute Gasteiger partial charge is 0.465 e. The van der Waals surface area contributed by atoms with Crippen molar-refractivity contribution in [3.05, 3.63) is 30.1 Å². The van der Waals surface area contributed by atoms with Crippen molar-refractivity contribution in [2.45, 2.75) is 16.8 Å². The molecule has 0 unspecified atom stereocenters. The van der Waals surface area contributed by atoms with Gasteiger partial charge in [0.05, 0.1) is 6.61 Å². The normalized spacial score (nSPS) is 18.3. The Morgan fingerprint density at radius 1 is 1.35 bits per heavy atom. The number of hydrogen-bond acceptors (Lipinski definition) is 5. The number of ether oxygens (including phenoxy) is 1. The number of hydrogen-bond donors (Lipinski definition) is 0. The Labute approximate surface area is 119 Å². The van der Waals surface area contributed by atoms with Crippen molar-refractivity contribution >= 4 is 17.7 Å². The van der Waals surface area contributed by atoms with Gasteiger partial charge in [-0.15, -0.1) is 10.2 Å². The number of carbonyl (C=O) groups is 1. The standard InChI is InChI=1S/C13H12FN3O2S/c1-17-11(8-2-4-9(14)5-3-8)15-16-13(17)20-10-6-7-19-12(10)18/h2-5,10H,6-7H2,1H3/t10-/m1/s1. The van der Waals surface area contributed by atoms with Crippen LogP contribution in [0.3, 0.4) is 0 Å². The van der Waals surface area contributed by atoms with Gasteiger partial charge < -0.3 is 9.30 Å². The van der Waals surface area contributed by atoms with Crippen LogP contribution in [0, 0.1) is 5.82 Å². The highest BCUT2D eigenvalue weighted by molar-refractivity contribution is 8.00. The molecule has 0 aliphatic carbocycles. The maximum absolute atomic E-state index is 12.9. The van der Waals surface area contributed by atoms with E-state index in [-0.39, 0.29) is 17.0 Å². The van der Waals surface area contributed by atoms with E-state index in [9.17, 15) is 9.18 Å². The lowest BCUT2D eigenvalue weighted by molar-refractivity contribution is -0.137. The van der Waals surface area contributed by atoms with Crippen molar-refractivity contribution in [3.8, 4) is 11.4 Å². The van der Waals surface area contributed by atoms with Crippen LogP contribution in [0.25, 0.3) is 11.4 Å². The summed E-state index contributed by atoms with van der Waals surface area (Å²) in [6, 6.07) is 6.06. The summed E-state index contributed by atoms with van der Waals surface area (Å²) in [7, 11) is 1.82. The molecule has 2 aromatic rings. The molecule has 0 N–H and O–H groups in total. The Kier molecular flexibility index (Phi) is 3.43. The molecule has 1 aliphatic rings. The van der Waals surface area contributed by atoms with Crippen molar-refractivity contribution in [3.63, 3.8) is 0 Å². The third-order valence-electron chi connectivity index (χ3n) is 3.07. The molecule has 2 heterocycles. The SMILES string of the molecule is Cn1c(S[C@@H]2CCOC2=O)nnc1-c1ccc(F)cc1. The maximum atomic E-state index is 12.9. The molecule has 1 aromatic heterocycles. The Balaban J connectivity index is 1.85. The Bertz CT molecular complexity index is 642. The lowest BCUT2D eigenvalue weighted by Crippen LogP contribution is -2.10. The molecule has 1 fully saturated rings. The van der Waals surface area contributed by atoms with Crippen LogP contribution in [0.1, 0.15) is 6.42 Å². The minimum Gasteiger partial charge on any atom is -0.465 e. The van der Waals surface area contributed by atoms with E-state index in [0.717, 1.165) is 5.56 Å². The maximum Gasteiger partial charge on any atom is 0.319 e. The van der Waals surface area contributed by atoms with E-state index in [0.29, 0.717) is 24.0 Å². The molecular weight excluding hydrogens is 281 g/mol.